The minimum Gasteiger partial charge on any atom is -0.465 e. The van der Waals surface area contributed by atoms with Crippen LogP contribution in [0.5, 0.6) is 0 Å². The summed E-state index contributed by atoms with van der Waals surface area (Å²) in [6.07, 6.45) is 8.78. The molecule has 10 heteroatoms. The third kappa shape index (κ3) is 5.79. The van der Waals surface area contributed by atoms with Crippen LogP contribution in [0.25, 0.3) is 0 Å². The van der Waals surface area contributed by atoms with E-state index in [1.54, 1.807) is 17.4 Å². The van der Waals surface area contributed by atoms with Gasteiger partial charge in [-0.25, -0.2) is 4.79 Å². The third-order valence-corrected chi connectivity index (χ3v) is 8.71. The number of nitrogens with one attached hydrogen (secondary N) is 1. The van der Waals surface area contributed by atoms with Crippen LogP contribution in [0, 0.1) is 0 Å². The van der Waals surface area contributed by atoms with Crippen LogP contribution in [0.4, 0.5) is 5.00 Å². The molecule has 0 saturated carbocycles. The fourth-order valence-corrected chi connectivity index (χ4v) is 6.82. The summed E-state index contributed by atoms with van der Waals surface area (Å²) in [6, 6.07) is 4.09. The lowest BCUT2D eigenvalue weighted by atomic mass is 9.96. The molecular weight excluding hydrogens is 488 g/mol. The normalized spacial score (nSPS) is 13.6. The van der Waals surface area contributed by atoms with Crippen LogP contribution < -0.4 is 5.32 Å². The molecule has 3 aromatic heterocycles. The number of thiophene rings is 2. The van der Waals surface area contributed by atoms with Crippen LogP contribution in [-0.4, -0.2) is 39.5 Å². The van der Waals surface area contributed by atoms with Crippen LogP contribution in [0.3, 0.4) is 0 Å². The summed E-state index contributed by atoms with van der Waals surface area (Å²) in [4.78, 5) is 27.8. The van der Waals surface area contributed by atoms with Crippen LogP contribution >= 0.6 is 34.4 Å². The number of nitrogens with zero attached hydrogens (tertiary/aromatic N) is 3. The Hall–Kier alpha value is -2.43. The number of amides is 1. The Morgan fingerprint density at radius 3 is 2.82 bits per heavy atom. The maximum absolute atomic E-state index is 12.9. The number of carbonyl (C=O) groups excluding carboxylic acids is 2. The quantitative estimate of drug-likeness (QED) is 0.234. The van der Waals surface area contributed by atoms with E-state index in [1.807, 2.05) is 16.0 Å². The SMILES string of the molecule is C=CCn1c(Cc2cccs2)nnc1SCC(=O)Nc1sc2c(c1C(=O)OC)CCCCCC2. The molecule has 0 unspecified atom stereocenters. The van der Waals surface area contributed by atoms with E-state index in [4.69, 9.17) is 4.74 Å². The highest BCUT2D eigenvalue weighted by Gasteiger charge is 2.26. The van der Waals surface area contributed by atoms with E-state index in [1.165, 1.54) is 46.4 Å². The van der Waals surface area contributed by atoms with Gasteiger partial charge in [0.25, 0.3) is 0 Å². The van der Waals surface area contributed by atoms with Gasteiger partial charge in [-0.15, -0.1) is 39.4 Å². The predicted octanol–water partition coefficient (Wildman–Crippen LogP) is 5.35. The van der Waals surface area contributed by atoms with Crippen molar-refractivity contribution in [1.29, 1.82) is 0 Å². The lowest BCUT2D eigenvalue weighted by Crippen LogP contribution is -2.17. The Kier molecular flexibility index (Phi) is 8.58. The van der Waals surface area contributed by atoms with Crippen molar-refractivity contribution in [2.24, 2.45) is 0 Å². The van der Waals surface area contributed by atoms with Gasteiger partial charge >= 0.3 is 5.97 Å². The lowest BCUT2D eigenvalue weighted by Gasteiger charge is -2.11. The number of thioether (sulfide) groups is 1. The van der Waals surface area contributed by atoms with Crippen LogP contribution in [-0.2, 0) is 35.3 Å². The second-order valence-electron chi connectivity index (χ2n) is 8.00. The molecule has 34 heavy (non-hydrogen) atoms. The van der Waals surface area contributed by atoms with Crippen LogP contribution in [0.2, 0.25) is 0 Å². The number of ether oxygens (including phenoxy) is 1. The molecule has 0 spiro atoms. The average Bonchev–Trinajstić information content (AvgIpc) is 3.53. The highest BCUT2D eigenvalue weighted by atomic mass is 32.2. The lowest BCUT2D eigenvalue weighted by molar-refractivity contribution is -0.113. The van der Waals surface area contributed by atoms with Crippen molar-refractivity contribution in [3.8, 4) is 0 Å². The number of rotatable bonds is 9. The van der Waals surface area contributed by atoms with Gasteiger partial charge in [0.05, 0.1) is 18.4 Å². The summed E-state index contributed by atoms with van der Waals surface area (Å²) in [5.41, 5.74) is 1.57. The maximum atomic E-state index is 12.9. The Morgan fingerprint density at radius 2 is 2.09 bits per heavy atom. The summed E-state index contributed by atoms with van der Waals surface area (Å²) in [5, 5.41) is 14.9. The van der Waals surface area contributed by atoms with E-state index in [9.17, 15) is 9.59 Å². The average molecular weight is 517 g/mol. The van der Waals surface area contributed by atoms with E-state index >= 15 is 0 Å². The van der Waals surface area contributed by atoms with E-state index < -0.39 is 0 Å². The van der Waals surface area contributed by atoms with Gasteiger partial charge in [0.2, 0.25) is 5.91 Å². The fourth-order valence-electron chi connectivity index (χ4n) is 4.06. The maximum Gasteiger partial charge on any atom is 0.341 e. The van der Waals surface area contributed by atoms with Crippen LogP contribution in [0.15, 0.2) is 35.3 Å². The Balaban J connectivity index is 1.47. The summed E-state index contributed by atoms with van der Waals surface area (Å²) in [7, 11) is 1.39. The Labute approximate surface area is 211 Å². The summed E-state index contributed by atoms with van der Waals surface area (Å²) in [6.45, 7) is 4.41. The van der Waals surface area contributed by atoms with Gasteiger partial charge in [-0.05, 0) is 42.7 Å². The highest BCUT2D eigenvalue weighted by Crippen LogP contribution is 2.37. The number of carbonyl (C=O) groups is 2. The smallest absolute Gasteiger partial charge is 0.341 e. The van der Waals surface area contributed by atoms with Gasteiger partial charge in [0.1, 0.15) is 10.8 Å². The predicted molar refractivity (Wildman–Crippen MR) is 138 cm³/mol. The number of hydrogen-bond donors (Lipinski definition) is 1. The summed E-state index contributed by atoms with van der Waals surface area (Å²) >= 11 is 4.52. The second-order valence-corrected chi connectivity index (χ2v) is 11.1. The molecule has 0 fully saturated rings. The van der Waals surface area contributed by atoms with Crippen molar-refractivity contribution in [1.82, 2.24) is 14.8 Å². The topological polar surface area (TPSA) is 86.1 Å². The van der Waals surface area contributed by atoms with E-state index in [0.29, 0.717) is 28.7 Å². The first-order chi connectivity index (χ1) is 16.6. The van der Waals surface area contributed by atoms with Crippen molar-refractivity contribution >= 4 is 51.3 Å². The number of aromatic nitrogens is 3. The van der Waals surface area contributed by atoms with Gasteiger partial charge in [-0.1, -0.05) is 36.7 Å². The molecule has 0 radical (unpaired) electrons. The first kappa shape index (κ1) is 24.7. The molecule has 1 amide bonds. The molecule has 0 bridgehead atoms. The minimum atomic E-state index is -0.384. The molecule has 3 aromatic rings. The zero-order valence-electron chi connectivity index (χ0n) is 19.2. The number of fused-ring (bicyclic) bond motifs is 1. The first-order valence-electron chi connectivity index (χ1n) is 11.3. The highest BCUT2D eigenvalue weighted by molar-refractivity contribution is 7.99. The zero-order valence-corrected chi connectivity index (χ0v) is 21.6. The number of methoxy groups -OCH3 is 1. The van der Waals surface area contributed by atoms with Gasteiger partial charge in [-0.3, -0.25) is 4.79 Å². The van der Waals surface area contributed by atoms with E-state index in [0.717, 1.165) is 43.5 Å². The molecule has 0 aliphatic heterocycles. The van der Waals surface area contributed by atoms with Crippen molar-refractivity contribution in [2.75, 3.05) is 18.2 Å². The second kappa shape index (κ2) is 11.8. The molecule has 1 aliphatic carbocycles. The molecule has 0 atom stereocenters. The number of hydrogen-bond acceptors (Lipinski definition) is 8. The van der Waals surface area contributed by atoms with Crippen molar-refractivity contribution in [3.05, 3.63) is 56.9 Å². The van der Waals surface area contributed by atoms with Crippen molar-refractivity contribution < 1.29 is 14.3 Å². The summed E-state index contributed by atoms with van der Waals surface area (Å²) in [5.74, 6) is 0.441. The van der Waals surface area contributed by atoms with Crippen LogP contribution in [0.1, 0.15) is 57.2 Å². The molecule has 180 valence electrons. The number of esters is 1. The zero-order chi connectivity index (χ0) is 23.9. The van der Waals surface area contributed by atoms with Gasteiger partial charge < -0.3 is 14.6 Å². The number of anilines is 1. The molecule has 1 aliphatic rings. The van der Waals surface area contributed by atoms with Gasteiger partial charge in [0, 0.05) is 22.7 Å². The Morgan fingerprint density at radius 1 is 1.26 bits per heavy atom. The van der Waals surface area contributed by atoms with E-state index in [-0.39, 0.29) is 17.6 Å². The number of aryl methyl sites for hydroxylation is 1. The minimum absolute atomic E-state index is 0.164. The standard InChI is InChI=1S/C24H28N4O3S3/c1-3-12-28-19(14-16-9-8-13-32-16)26-27-24(28)33-15-20(29)25-22-21(23(30)31-2)17-10-6-4-5-7-11-18(17)34-22/h3,8-9,13H,1,4-7,10-12,14-15H2,2H3,(H,25,29). The molecular formula is C24H28N4O3S3. The number of allylic oxidation sites excluding steroid dienone is 1. The van der Waals surface area contributed by atoms with Gasteiger partial charge in [-0.2, -0.15) is 0 Å². The molecule has 0 saturated heterocycles. The molecule has 4 rings (SSSR count). The first-order valence-corrected chi connectivity index (χ1v) is 14.0. The largest absolute Gasteiger partial charge is 0.465 e. The van der Waals surface area contributed by atoms with Crippen molar-refractivity contribution in [3.63, 3.8) is 0 Å². The van der Waals surface area contributed by atoms with Crippen molar-refractivity contribution in [2.45, 2.75) is 56.6 Å². The molecule has 1 N–H and O–H groups in total. The van der Waals surface area contributed by atoms with E-state index in [2.05, 4.69) is 28.2 Å². The fraction of sp³-hybridized carbons (Fsp3) is 0.417. The monoisotopic (exact) mass is 516 g/mol. The van der Waals surface area contributed by atoms with Gasteiger partial charge in [0.15, 0.2) is 5.16 Å². The third-order valence-electron chi connectivity index (χ3n) is 5.66. The molecule has 0 aromatic carbocycles. The Bertz CT molecular complexity index is 1150. The molecule has 7 nitrogen and oxygen atoms in total. The summed E-state index contributed by atoms with van der Waals surface area (Å²) < 4.78 is 7.04. The molecule has 3 heterocycles.